The second kappa shape index (κ2) is 11.1. The lowest BCUT2D eigenvalue weighted by atomic mass is 9.85. The zero-order valence-corrected chi connectivity index (χ0v) is 23.5. The lowest BCUT2D eigenvalue weighted by Crippen LogP contribution is -2.32. The summed E-state index contributed by atoms with van der Waals surface area (Å²) in [6, 6.07) is 14.8. The zero-order valence-electron chi connectivity index (χ0n) is 22.7. The third-order valence-electron chi connectivity index (χ3n) is 6.28. The Bertz CT molecular complexity index is 1320. The van der Waals surface area contributed by atoms with Crippen LogP contribution in [-0.2, 0) is 6.61 Å². The van der Waals surface area contributed by atoms with Crippen molar-refractivity contribution in [3.05, 3.63) is 77.1 Å². The summed E-state index contributed by atoms with van der Waals surface area (Å²) in [7, 11) is 1.67. The van der Waals surface area contributed by atoms with Crippen LogP contribution in [0.15, 0.2) is 54.6 Å². The fourth-order valence-electron chi connectivity index (χ4n) is 4.66. The van der Waals surface area contributed by atoms with Crippen LogP contribution < -0.4 is 19.0 Å². The number of allylic oxidation sites excluding steroid dienone is 1. The van der Waals surface area contributed by atoms with Crippen molar-refractivity contribution in [1.82, 2.24) is 0 Å². The van der Waals surface area contributed by atoms with Crippen LogP contribution in [-0.4, -0.2) is 18.4 Å². The standard InChI is InChI=1S/C31H36FNO3S/c1-19(2)18-37-36-23-10-11-25(29(15-23)34-7)24-12-13-27-30(21(4)16-31(5,6)33-27)26(24)17-35-28-14-22(32)9-8-20(28)3/h8-16,19,33H,17-18H2,1-7H3. The highest BCUT2D eigenvalue weighted by molar-refractivity contribution is 7.95. The summed E-state index contributed by atoms with van der Waals surface area (Å²) in [6.07, 6.45) is 2.23. The van der Waals surface area contributed by atoms with Gasteiger partial charge < -0.3 is 19.0 Å². The molecule has 3 aromatic carbocycles. The van der Waals surface area contributed by atoms with Gasteiger partial charge in [-0.25, -0.2) is 4.39 Å². The summed E-state index contributed by atoms with van der Waals surface area (Å²) in [4.78, 5) is 0. The Hall–Kier alpha value is -3.12. The topological polar surface area (TPSA) is 39.7 Å². The van der Waals surface area contributed by atoms with Crippen LogP contribution in [0.1, 0.15) is 51.3 Å². The molecule has 196 valence electrons. The average molecular weight is 522 g/mol. The molecule has 4 nitrogen and oxygen atoms in total. The van der Waals surface area contributed by atoms with Crippen LogP contribution in [0.2, 0.25) is 0 Å². The van der Waals surface area contributed by atoms with Crippen LogP contribution in [0, 0.1) is 18.7 Å². The molecule has 4 rings (SSSR count). The number of benzene rings is 3. The summed E-state index contributed by atoms with van der Waals surface area (Å²) in [6.45, 7) is 13.0. The number of rotatable bonds is 9. The van der Waals surface area contributed by atoms with Crippen molar-refractivity contribution in [3.8, 4) is 28.4 Å². The van der Waals surface area contributed by atoms with Gasteiger partial charge in [0.25, 0.3) is 0 Å². The van der Waals surface area contributed by atoms with Gasteiger partial charge >= 0.3 is 0 Å². The molecular weight excluding hydrogens is 485 g/mol. The van der Waals surface area contributed by atoms with E-state index in [0.29, 0.717) is 11.7 Å². The second-order valence-electron chi connectivity index (χ2n) is 10.5. The fourth-order valence-corrected chi connectivity index (χ4v) is 5.24. The molecule has 0 radical (unpaired) electrons. The van der Waals surface area contributed by atoms with E-state index in [0.717, 1.165) is 50.8 Å². The van der Waals surface area contributed by atoms with Crippen LogP contribution in [0.25, 0.3) is 16.7 Å². The van der Waals surface area contributed by atoms with Gasteiger partial charge in [-0.3, -0.25) is 0 Å². The maximum Gasteiger partial charge on any atom is 0.141 e. The summed E-state index contributed by atoms with van der Waals surface area (Å²) in [5.41, 5.74) is 6.99. The number of aryl methyl sites for hydroxylation is 1. The number of methoxy groups -OCH3 is 1. The van der Waals surface area contributed by atoms with Gasteiger partial charge in [0, 0.05) is 40.3 Å². The molecule has 0 bridgehead atoms. The van der Waals surface area contributed by atoms with Crippen molar-refractivity contribution >= 4 is 23.3 Å². The predicted octanol–water partition coefficient (Wildman–Crippen LogP) is 8.68. The van der Waals surface area contributed by atoms with Gasteiger partial charge in [0.1, 0.15) is 29.7 Å². The lowest BCUT2D eigenvalue weighted by Gasteiger charge is -2.33. The molecule has 37 heavy (non-hydrogen) atoms. The molecule has 1 aliphatic heterocycles. The molecule has 0 aliphatic carbocycles. The first-order valence-electron chi connectivity index (χ1n) is 12.6. The molecule has 3 aromatic rings. The zero-order chi connectivity index (χ0) is 26.7. The van der Waals surface area contributed by atoms with Gasteiger partial charge in [0.15, 0.2) is 0 Å². The molecule has 0 saturated heterocycles. The molecule has 0 atom stereocenters. The molecule has 1 aliphatic rings. The van der Waals surface area contributed by atoms with Crippen molar-refractivity contribution in [2.75, 3.05) is 18.2 Å². The Kier molecular flexibility index (Phi) is 8.08. The number of ether oxygens (including phenoxy) is 2. The molecule has 0 unspecified atom stereocenters. The van der Waals surface area contributed by atoms with Crippen LogP contribution in [0.5, 0.6) is 17.2 Å². The van der Waals surface area contributed by atoms with Crippen molar-refractivity contribution in [1.29, 1.82) is 0 Å². The summed E-state index contributed by atoms with van der Waals surface area (Å²) in [5, 5.41) is 3.63. The first kappa shape index (κ1) is 26.9. The number of nitrogens with one attached hydrogen (secondary N) is 1. The predicted molar refractivity (Wildman–Crippen MR) is 153 cm³/mol. The fraction of sp³-hybridized carbons (Fsp3) is 0.355. The third-order valence-corrected chi connectivity index (χ3v) is 7.40. The van der Waals surface area contributed by atoms with E-state index in [-0.39, 0.29) is 18.0 Å². The molecule has 1 heterocycles. The van der Waals surface area contributed by atoms with Gasteiger partial charge in [0.2, 0.25) is 0 Å². The Morgan fingerprint density at radius 2 is 1.73 bits per heavy atom. The minimum absolute atomic E-state index is 0.166. The second-order valence-corrected chi connectivity index (χ2v) is 11.2. The van der Waals surface area contributed by atoms with Gasteiger partial charge in [-0.15, -0.1) is 0 Å². The van der Waals surface area contributed by atoms with E-state index in [2.05, 4.69) is 58.1 Å². The average Bonchev–Trinajstić information content (AvgIpc) is 2.83. The largest absolute Gasteiger partial charge is 0.496 e. The molecule has 0 aromatic heterocycles. The van der Waals surface area contributed by atoms with E-state index in [1.807, 2.05) is 25.1 Å². The third kappa shape index (κ3) is 6.24. The van der Waals surface area contributed by atoms with E-state index in [4.69, 9.17) is 13.7 Å². The summed E-state index contributed by atoms with van der Waals surface area (Å²) in [5.74, 6) is 3.13. The first-order chi connectivity index (χ1) is 17.6. The van der Waals surface area contributed by atoms with Crippen LogP contribution in [0.4, 0.5) is 10.1 Å². The van der Waals surface area contributed by atoms with E-state index in [1.165, 1.54) is 29.7 Å². The first-order valence-corrected chi connectivity index (χ1v) is 13.5. The Balaban J connectivity index is 1.78. The minimum atomic E-state index is -0.317. The maximum absolute atomic E-state index is 14.0. The van der Waals surface area contributed by atoms with Gasteiger partial charge in [0.05, 0.1) is 24.7 Å². The van der Waals surface area contributed by atoms with Crippen LogP contribution >= 0.6 is 12.0 Å². The Morgan fingerprint density at radius 3 is 2.46 bits per heavy atom. The molecule has 0 saturated carbocycles. The number of hydrogen-bond acceptors (Lipinski definition) is 5. The van der Waals surface area contributed by atoms with Gasteiger partial charge in [-0.1, -0.05) is 32.1 Å². The smallest absolute Gasteiger partial charge is 0.141 e. The SMILES string of the molecule is COc1cc(OSCC(C)C)ccc1-c1ccc2c(c1COc1cc(F)ccc1C)C(C)=CC(C)(C)N2. The quantitative estimate of drug-likeness (QED) is 0.285. The molecule has 0 amide bonds. The van der Waals surface area contributed by atoms with Crippen LogP contribution in [0.3, 0.4) is 0 Å². The van der Waals surface area contributed by atoms with E-state index in [9.17, 15) is 4.39 Å². The highest BCUT2D eigenvalue weighted by Crippen LogP contribution is 2.43. The van der Waals surface area contributed by atoms with E-state index in [1.54, 1.807) is 13.2 Å². The molecule has 1 N–H and O–H groups in total. The van der Waals surface area contributed by atoms with Gasteiger partial charge in [-0.2, -0.15) is 0 Å². The van der Waals surface area contributed by atoms with Crippen molar-refractivity contribution in [2.24, 2.45) is 5.92 Å². The lowest BCUT2D eigenvalue weighted by molar-refractivity contribution is 0.302. The normalized spacial score (nSPS) is 14.0. The minimum Gasteiger partial charge on any atom is -0.496 e. The van der Waals surface area contributed by atoms with E-state index < -0.39 is 0 Å². The number of hydrogen-bond donors (Lipinski definition) is 1. The molecular formula is C31H36FNO3S. The Labute approximate surface area is 224 Å². The number of anilines is 1. The highest BCUT2D eigenvalue weighted by Gasteiger charge is 2.27. The number of fused-ring (bicyclic) bond motifs is 1. The molecule has 0 fully saturated rings. The molecule has 0 spiro atoms. The summed E-state index contributed by atoms with van der Waals surface area (Å²) < 4.78 is 31.9. The maximum atomic E-state index is 14.0. The molecule has 6 heteroatoms. The summed E-state index contributed by atoms with van der Waals surface area (Å²) >= 11 is 1.44. The number of halogens is 1. The van der Waals surface area contributed by atoms with Crippen molar-refractivity contribution in [2.45, 2.75) is 53.7 Å². The Morgan fingerprint density at radius 1 is 0.973 bits per heavy atom. The van der Waals surface area contributed by atoms with Gasteiger partial charge in [-0.05, 0) is 74.6 Å². The highest BCUT2D eigenvalue weighted by atomic mass is 32.2. The monoisotopic (exact) mass is 521 g/mol. The van der Waals surface area contributed by atoms with Crippen molar-refractivity contribution < 1.29 is 18.0 Å². The van der Waals surface area contributed by atoms with Crippen molar-refractivity contribution in [3.63, 3.8) is 0 Å². The van der Waals surface area contributed by atoms with E-state index >= 15 is 0 Å².